The lowest BCUT2D eigenvalue weighted by atomic mass is 10.0. The summed E-state index contributed by atoms with van der Waals surface area (Å²) >= 11 is 0. The van der Waals surface area contributed by atoms with E-state index in [0.717, 1.165) is 15.8 Å². The van der Waals surface area contributed by atoms with Crippen LogP contribution in [0.3, 0.4) is 0 Å². The van der Waals surface area contributed by atoms with Crippen LogP contribution in [0.25, 0.3) is 28.4 Å². The Kier molecular flexibility index (Phi) is 6.87. The number of fused-ring (bicyclic) bond motifs is 2. The number of benzene rings is 1. The molecule has 0 N–H and O–H groups in total. The summed E-state index contributed by atoms with van der Waals surface area (Å²) in [5, 5.41) is 7.64. The van der Waals surface area contributed by atoms with Crippen molar-refractivity contribution in [3.05, 3.63) is 59.9 Å². The van der Waals surface area contributed by atoms with Crippen molar-refractivity contribution in [1.29, 1.82) is 0 Å². The Labute approximate surface area is 222 Å². The summed E-state index contributed by atoms with van der Waals surface area (Å²) < 4.78 is 48.8. The fourth-order valence-electron chi connectivity index (χ4n) is 4.82. The van der Waals surface area contributed by atoms with Gasteiger partial charge in [-0.25, -0.2) is 9.97 Å². The van der Waals surface area contributed by atoms with E-state index in [0.29, 0.717) is 22.5 Å². The number of carbonyl (C=O) groups excluding carboxylic acids is 1. The predicted octanol–water partition coefficient (Wildman–Crippen LogP) is 5.13. The first-order valence-electron chi connectivity index (χ1n) is 12.6. The summed E-state index contributed by atoms with van der Waals surface area (Å²) in [4.78, 5) is 23.7. The molecular formula is C27H28F3N7O2. The maximum atomic E-state index is 13.3. The van der Waals surface area contributed by atoms with Gasteiger partial charge in [-0.2, -0.15) is 13.2 Å². The maximum Gasteiger partial charge on any atom is 0.451 e. The third-order valence-corrected chi connectivity index (χ3v) is 6.41. The van der Waals surface area contributed by atoms with Gasteiger partial charge in [0.1, 0.15) is 12.0 Å². The second-order valence-corrected chi connectivity index (χ2v) is 9.82. The highest BCUT2D eigenvalue weighted by Crippen LogP contribution is 2.40. The van der Waals surface area contributed by atoms with Gasteiger partial charge in [0.05, 0.1) is 23.7 Å². The van der Waals surface area contributed by atoms with Crippen LogP contribution in [0.1, 0.15) is 50.9 Å². The lowest BCUT2D eigenvalue weighted by Gasteiger charge is -2.27. The number of carbonyl (C=O) groups is 1. The lowest BCUT2D eigenvalue weighted by Crippen LogP contribution is -2.38. The van der Waals surface area contributed by atoms with E-state index in [1.165, 1.54) is 17.3 Å². The highest BCUT2D eigenvalue weighted by Gasteiger charge is 2.39. The molecular weight excluding hydrogens is 511 g/mol. The zero-order chi connectivity index (χ0) is 27.9. The van der Waals surface area contributed by atoms with Crippen molar-refractivity contribution < 1.29 is 22.7 Å². The van der Waals surface area contributed by atoms with E-state index in [1.807, 2.05) is 44.2 Å². The van der Waals surface area contributed by atoms with E-state index in [-0.39, 0.29) is 43.5 Å². The van der Waals surface area contributed by atoms with Crippen LogP contribution in [0.2, 0.25) is 0 Å². The van der Waals surface area contributed by atoms with Crippen molar-refractivity contribution in [3.8, 4) is 17.1 Å². The number of amides is 1. The Balaban J connectivity index is 1.58. The molecule has 0 spiro atoms. The maximum absolute atomic E-state index is 13.3. The number of ether oxygens (including phenoxy) is 1. The quantitative estimate of drug-likeness (QED) is 0.316. The SMILES string of the molecule is CC(C)Oc1ncnc2c1c(/C=C/C(=O)N1CCn3c(nnc3C(F)(F)F)C1)c(-c1ccccc1)n2C(C)C. The van der Waals surface area contributed by atoms with E-state index < -0.39 is 12.0 Å². The van der Waals surface area contributed by atoms with E-state index >= 15 is 0 Å². The third kappa shape index (κ3) is 4.98. The fourth-order valence-corrected chi connectivity index (χ4v) is 4.82. The molecule has 39 heavy (non-hydrogen) atoms. The van der Waals surface area contributed by atoms with Crippen LogP contribution in [0, 0.1) is 0 Å². The highest BCUT2D eigenvalue weighted by atomic mass is 19.4. The molecule has 3 aromatic heterocycles. The number of rotatable bonds is 6. The minimum Gasteiger partial charge on any atom is -0.474 e. The van der Waals surface area contributed by atoms with Gasteiger partial charge >= 0.3 is 6.18 Å². The van der Waals surface area contributed by atoms with Crippen LogP contribution in [0.4, 0.5) is 13.2 Å². The summed E-state index contributed by atoms with van der Waals surface area (Å²) in [6.07, 6.45) is -0.145. The molecule has 9 nitrogen and oxygen atoms in total. The van der Waals surface area contributed by atoms with Crippen LogP contribution in [-0.2, 0) is 24.1 Å². The van der Waals surface area contributed by atoms with Crippen LogP contribution in [0.15, 0.2) is 42.7 Å². The molecule has 0 bridgehead atoms. The van der Waals surface area contributed by atoms with E-state index in [4.69, 9.17) is 4.74 Å². The second-order valence-electron chi connectivity index (χ2n) is 9.82. The molecule has 204 valence electrons. The Morgan fingerprint density at radius 3 is 2.46 bits per heavy atom. The lowest BCUT2D eigenvalue weighted by molar-refractivity contribution is -0.148. The number of aromatic nitrogens is 6. The molecule has 12 heteroatoms. The van der Waals surface area contributed by atoms with Gasteiger partial charge < -0.3 is 18.8 Å². The zero-order valence-corrected chi connectivity index (χ0v) is 22.0. The molecule has 4 aromatic rings. The zero-order valence-electron chi connectivity index (χ0n) is 22.0. The topological polar surface area (TPSA) is 91.0 Å². The molecule has 0 unspecified atom stereocenters. The van der Waals surface area contributed by atoms with Gasteiger partial charge in [-0.3, -0.25) is 4.79 Å². The van der Waals surface area contributed by atoms with Crippen molar-refractivity contribution in [1.82, 2.24) is 34.2 Å². The summed E-state index contributed by atoms with van der Waals surface area (Å²) in [7, 11) is 0. The van der Waals surface area contributed by atoms with Gasteiger partial charge in [0.25, 0.3) is 0 Å². The Hall–Kier alpha value is -4.22. The minimum atomic E-state index is -4.60. The summed E-state index contributed by atoms with van der Waals surface area (Å²) in [5.41, 5.74) is 3.17. The molecule has 0 saturated heterocycles. The Morgan fingerprint density at radius 1 is 1.05 bits per heavy atom. The van der Waals surface area contributed by atoms with Crippen molar-refractivity contribution in [2.45, 2.75) is 59.1 Å². The van der Waals surface area contributed by atoms with E-state index in [1.54, 1.807) is 6.08 Å². The van der Waals surface area contributed by atoms with Gasteiger partial charge in [-0.1, -0.05) is 30.3 Å². The molecule has 4 heterocycles. The molecule has 1 amide bonds. The van der Waals surface area contributed by atoms with Gasteiger partial charge in [0, 0.05) is 30.8 Å². The van der Waals surface area contributed by atoms with Crippen LogP contribution >= 0.6 is 0 Å². The molecule has 5 rings (SSSR count). The normalized spacial score (nSPS) is 14.1. The number of hydrogen-bond donors (Lipinski definition) is 0. The highest BCUT2D eigenvalue weighted by molar-refractivity contribution is 6.02. The first-order chi connectivity index (χ1) is 18.6. The molecule has 0 aliphatic carbocycles. The summed E-state index contributed by atoms with van der Waals surface area (Å²) in [6, 6.07) is 9.80. The summed E-state index contributed by atoms with van der Waals surface area (Å²) in [5.74, 6) is -0.903. The van der Waals surface area contributed by atoms with Crippen molar-refractivity contribution in [3.63, 3.8) is 0 Å². The molecule has 0 fully saturated rings. The minimum absolute atomic E-state index is 0.0265. The third-order valence-electron chi connectivity index (χ3n) is 6.41. The van der Waals surface area contributed by atoms with Crippen molar-refractivity contribution >= 4 is 23.0 Å². The van der Waals surface area contributed by atoms with E-state index in [2.05, 4.69) is 38.6 Å². The summed E-state index contributed by atoms with van der Waals surface area (Å²) in [6.45, 7) is 7.90. The number of halogens is 3. The predicted molar refractivity (Wildman–Crippen MR) is 139 cm³/mol. The number of alkyl halides is 3. The number of hydrogen-bond acceptors (Lipinski definition) is 6. The fraction of sp³-hybridized carbons (Fsp3) is 0.370. The molecule has 1 aliphatic rings. The molecule has 0 radical (unpaired) electrons. The van der Waals surface area contributed by atoms with Gasteiger partial charge in [0.15, 0.2) is 5.82 Å². The Morgan fingerprint density at radius 2 is 1.79 bits per heavy atom. The molecule has 0 atom stereocenters. The van der Waals surface area contributed by atoms with Crippen LogP contribution in [0.5, 0.6) is 5.88 Å². The van der Waals surface area contributed by atoms with Gasteiger partial charge in [0.2, 0.25) is 17.6 Å². The number of nitrogens with zero attached hydrogens (tertiary/aromatic N) is 7. The Bertz CT molecular complexity index is 1540. The van der Waals surface area contributed by atoms with E-state index in [9.17, 15) is 18.0 Å². The van der Waals surface area contributed by atoms with Gasteiger partial charge in [-0.05, 0) is 39.3 Å². The van der Waals surface area contributed by atoms with Gasteiger partial charge in [-0.15, -0.1) is 10.2 Å². The average molecular weight is 540 g/mol. The monoisotopic (exact) mass is 539 g/mol. The molecule has 0 saturated carbocycles. The largest absolute Gasteiger partial charge is 0.474 e. The van der Waals surface area contributed by atoms with Crippen molar-refractivity contribution in [2.24, 2.45) is 0 Å². The molecule has 1 aliphatic heterocycles. The van der Waals surface area contributed by atoms with Crippen LogP contribution in [-0.4, -0.2) is 52.8 Å². The van der Waals surface area contributed by atoms with Crippen LogP contribution < -0.4 is 4.74 Å². The molecule has 1 aromatic carbocycles. The van der Waals surface area contributed by atoms with Crippen molar-refractivity contribution in [2.75, 3.05) is 6.54 Å². The average Bonchev–Trinajstić information content (AvgIpc) is 3.47. The first kappa shape index (κ1) is 26.4. The smallest absolute Gasteiger partial charge is 0.451 e. The first-order valence-corrected chi connectivity index (χ1v) is 12.6. The second kappa shape index (κ2) is 10.2. The standard InChI is InChI=1S/C27H28F3N7O2/c1-16(2)37-23(18-8-6-5-7-9-18)19(22-24(37)31-15-32-25(22)39-17(3)4)10-11-21(38)35-12-13-36-20(14-35)33-34-26(36)27(28,29)30/h5-11,15-17H,12-14H2,1-4H3/b11-10+.